The minimum absolute atomic E-state index is 0.816. The van der Waals surface area contributed by atoms with Gasteiger partial charge in [0.25, 0.3) is 0 Å². The Bertz CT molecular complexity index is 206. The maximum Gasteiger partial charge on any atom is -0.00247 e. The quantitative estimate of drug-likeness (QED) is 0.697. The lowest BCUT2D eigenvalue weighted by Crippen LogP contribution is -2.30. The third kappa shape index (κ3) is 3.98. The normalized spacial score (nSPS) is 25.6. The van der Waals surface area contributed by atoms with Crippen molar-refractivity contribution in [3.8, 4) is 0 Å². The lowest BCUT2D eigenvalue weighted by Gasteiger charge is -2.43. The summed E-state index contributed by atoms with van der Waals surface area (Å²) in [6, 6.07) is 0. The van der Waals surface area contributed by atoms with E-state index in [9.17, 15) is 0 Å². The van der Waals surface area contributed by atoms with Crippen molar-refractivity contribution in [1.29, 1.82) is 0 Å². The molecule has 0 aromatic heterocycles. The van der Waals surface area contributed by atoms with Crippen LogP contribution in [0.15, 0.2) is 0 Å². The molecule has 17 heavy (non-hydrogen) atoms. The zero-order chi connectivity index (χ0) is 12.1. The van der Waals surface area contributed by atoms with E-state index in [-0.39, 0.29) is 0 Å². The van der Waals surface area contributed by atoms with Gasteiger partial charge < -0.3 is 4.90 Å². The molecule has 2 aliphatic carbocycles. The van der Waals surface area contributed by atoms with Gasteiger partial charge in [-0.2, -0.15) is 0 Å². The largest absolute Gasteiger partial charge is 0.309 e. The van der Waals surface area contributed by atoms with E-state index in [2.05, 4.69) is 19.0 Å². The van der Waals surface area contributed by atoms with Crippen LogP contribution in [0.5, 0.6) is 0 Å². The van der Waals surface area contributed by atoms with E-state index >= 15 is 0 Å². The Morgan fingerprint density at radius 3 is 2.18 bits per heavy atom. The van der Waals surface area contributed by atoms with Crippen molar-refractivity contribution in [2.24, 2.45) is 11.3 Å². The van der Waals surface area contributed by atoms with E-state index in [1.54, 1.807) is 25.7 Å². The molecule has 2 aliphatic rings. The molecule has 1 spiro atoms. The monoisotopic (exact) mass is 237 g/mol. The van der Waals surface area contributed by atoms with Crippen LogP contribution in [0.3, 0.4) is 0 Å². The van der Waals surface area contributed by atoms with E-state index in [4.69, 9.17) is 0 Å². The SMILES string of the molecule is CN(C)CCCC1CCC2(CCCCC2)CC1. The van der Waals surface area contributed by atoms with Crippen LogP contribution in [0, 0.1) is 11.3 Å². The second kappa shape index (κ2) is 6.22. The van der Waals surface area contributed by atoms with Gasteiger partial charge in [-0.3, -0.25) is 0 Å². The predicted molar refractivity (Wildman–Crippen MR) is 75.3 cm³/mol. The molecule has 0 radical (unpaired) electrons. The third-order valence-electron chi connectivity index (χ3n) is 5.30. The summed E-state index contributed by atoms with van der Waals surface area (Å²) in [5.74, 6) is 1.06. The molecule has 0 saturated heterocycles. The van der Waals surface area contributed by atoms with Crippen molar-refractivity contribution in [3.05, 3.63) is 0 Å². The molecule has 0 N–H and O–H groups in total. The highest BCUT2D eigenvalue weighted by Crippen LogP contribution is 2.49. The van der Waals surface area contributed by atoms with Gasteiger partial charge in [0.2, 0.25) is 0 Å². The van der Waals surface area contributed by atoms with Crippen molar-refractivity contribution >= 4 is 0 Å². The second-order valence-corrected chi connectivity index (χ2v) is 6.95. The minimum atomic E-state index is 0.816. The van der Waals surface area contributed by atoms with Crippen LogP contribution in [-0.4, -0.2) is 25.5 Å². The molecule has 2 rings (SSSR count). The van der Waals surface area contributed by atoms with Crippen LogP contribution in [-0.2, 0) is 0 Å². The Morgan fingerprint density at radius 2 is 1.59 bits per heavy atom. The molecule has 0 atom stereocenters. The van der Waals surface area contributed by atoms with Crippen LogP contribution in [0.1, 0.15) is 70.6 Å². The Hall–Kier alpha value is -0.0400. The summed E-state index contributed by atoms with van der Waals surface area (Å²) >= 11 is 0. The van der Waals surface area contributed by atoms with Gasteiger partial charge in [-0.25, -0.2) is 0 Å². The summed E-state index contributed by atoms with van der Waals surface area (Å²) in [4.78, 5) is 2.32. The van der Waals surface area contributed by atoms with E-state index in [1.165, 1.54) is 51.5 Å². The van der Waals surface area contributed by atoms with E-state index in [1.807, 2.05) is 0 Å². The van der Waals surface area contributed by atoms with Crippen LogP contribution < -0.4 is 0 Å². The summed E-state index contributed by atoms with van der Waals surface area (Å²) in [5, 5.41) is 0. The molecule has 0 heterocycles. The Kier molecular flexibility index (Phi) is 4.90. The Balaban J connectivity index is 1.66. The fourth-order valence-electron chi connectivity index (χ4n) is 4.08. The first-order valence-corrected chi connectivity index (χ1v) is 7.85. The number of nitrogens with zero attached hydrogens (tertiary/aromatic N) is 1. The molecule has 2 fully saturated rings. The molecule has 0 amide bonds. The Labute approximate surface area is 108 Å². The van der Waals surface area contributed by atoms with Gasteiger partial charge in [-0.15, -0.1) is 0 Å². The van der Waals surface area contributed by atoms with E-state index in [0.717, 1.165) is 11.3 Å². The summed E-state index contributed by atoms with van der Waals surface area (Å²) in [5.41, 5.74) is 0.816. The van der Waals surface area contributed by atoms with E-state index < -0.39 is 0 Å². The third-order valence-corrected chi connectivity index (χ3v) is 5.30. The average molecular weight is 237 g/mol. The predicted octanol–water partition coefficient (Wildman–Crippen LogP) is 4.47. The molecule has 0 aromatic rings. The van der Waals surface area contributed by atoms with Gasteiger partial charge in [0, 0.05) is 0 Å². The van der Waals surface area contributed by atoms with Crippen molar-refractivity contribution in [3.63, 3.8) is 0 Å². The van der Waals surface area contributed by atoms with Gasteiger partial charge in [-0.05, 0) is 83.3 Å². The zero-order valence-electron chi connectivity index (χ0n) is 12.0. The minimum Gasteiger partial charge on any atom is -0.309 e. The Morgan fingerprint density at radius 1 is 0.941 bits per heavy atom. The van der Waals surface area contributed by atoms with Crippen molar-refractivity contribution in [2.75, 3.05) is 20.6 Å². The van der Waals surface area contributed by atoms with Gasteiger partial charge >= 0.3 is 0 Å². The van der Waals surface area contributed by atoms with Gasteiger partial charge in [-0.1, -0.05) is 19.3 Å². The molecule has 0 unspecified atom stereocenters. The number of rotatable bonds is 4. The summed E-state index contributed by atoms with van der Waals surface area (Å²) in [6.07, 6.45) is 16.7. The second-order valence-electron chi connectivity index (χ2n) is 6.95. The highest BCUT2D eigenvalue weighted by Gasteiger charge is 2.35. The lowest BCUT2D eigenvalue weighted by molar-refractivity contribution is 0.0931. The highest BCUT2D eigenvalue weighted by molar-refractivity contribution is 4.87. The molecule has 1 heteroatoms. The molecule has 1 nitrogen and oxygen atoms in total. The maximum absolute atomic E-state index is 2.32. The first-order valence-electron chi connectivity index (χ1n) is 7.85. The molecule has 2 saturated carbocycles. The van der Waals surface area contributed by atoms with Crippen LogP contribution >= 0.6 is 0 Å². The van der Waals surface area contributed by atoms with Crippen LogP contribution in [0.25, 0.3) is 0 Å². The maximum atomic E-state index is 2.32. The average Bonchev–Trinajstić information content (AvgIpc) is 2.33. The molecule has 0 bridgehead atoms. The van der Waals surface area contributed by atoms with Gasteiger partial charge in [0.1, 0.15) is 0 Å². The summed E-state index contributed by atoms with van der Waals surface area (Å²) in [7, 11) is 4.38. The van der Waals surface area contributed by atoms with Gasteiger partial charge in [0.15, 0.2) is 0 Å². The molecule has 100 valence electrons. The molecule has 0 aromatic carbocycles. The summed E-state index contributed by atoms with van der Waals surface area (Å²) in [6.45, 7) is 1.28. The first kappa shape index (κ1) is 13.4. The lowest BCUT2D eigenvalue weighted by atomic mass is 9.63. The fraction of sp³-hybridized carbons (Fsp3) is 1.00. The van der Waals surface area contributed by atoms with Crippen LogP contribution in [0.4, 0.5) is 0 Å². The smallest absolute Gasteiger partial charge is 0.00247 e. The van der Waals surface area contributed by atoms with Crippen molar-refractivity contribution in [2.45, 2.75) is 70.6 Å². The molecular weight excluding hydrogens is 206 g/mol. The van der Waals surface area contributed by atoms with Crippen molar-refractivity contribution in [1.82, 2.24) is 4.90 Å². The highest BCUT2D eigenvalue weighted by atomic mass is 15.0. The van der Waals surface area contributed by atoms with Crippen LogP contribution in [0.2, 0.25) is 0 Å². The molecular formula is C16H31N. The standard InChI is InChI=1S/C16H31N/c1-17(2)14-6-7-15-8-12-16(13-9-15)10-4-3-5-11-16/h15H,3-14H2,1-2H3. The first-order chi connectivity index (χ1) is 8.20. The fourth-order valence-corrected chi connectivity index (χ4v) is 4.08. The van der Waals surface area contributed by atoms with E-state index in [0.29, 0.717) is 0 Å². The topological polar surface area (TPSA) is 3.24 Å². The zero-order valence-corrected chi connectivity index (χ0v) is 12.0. The summed E-state index contributed by atoms with van der Waals surface area (Å²) < 4.78 is 0. The number of hydrogen-bond donors (Lipinski definition) is 0. The van der Waals surface area contributed by atoms with Gasteiger partial charge in [0.05, 0.1) is 0 Å². The number of hydrogen-bond acceptors (Lipinski definition) is 1. The van der Waals surface area contributed by atoms with Crippen molar-refractivity contribution < 1.29 is 0 Å². The molecule has 0 aliphatic heterocycles.